The van der Waals surface area contributed by atoms with E-state index in [1.54, 1.807) is 24.4 Å². The maximum absolute atomic E-state index is 12.2. The zero-order chi connectivity index (χ0) is 20.8. The highest BCUT2D eigenvalue weighted by atomic mass is 16.3. The van der Waals surface area contributed by atoms with Crippen LogP contribution < -0.4 is 0 Å². The summed E-state index contributed by atoms with van der Waals surface area (Å²) < 4.78 is 0. The molecule has 0 aliphatic heterocycles. The van der Waals surface area contributed by atoms with Crippen LogP contribution in [0.15, 0.2) is 120 Å². The number of aliphatic imine (C=N–C) groups is 1. The molecule has 0 radical (unpaired) electrons. The first kappa shape index (κ1) is 19.6. The fourth-order valence-electron chi connectivity index (χ4n) is 3.69. The van der Waals surface area contributed by atoms with E-state index in [4.69, 9.17) is 4.99 Å². The third kappa shape index (κ3) is 3.88. The third-order valence-electron chi connectivity index (χ3n) is 5.24. The van der Waals surface area contributed by atoms with E-state index in [-0.39, 0.29) is 5.75 Å². The molecule has 0 unspecified atom stereocenters. The monoisotopic (exact) mass is 393 g/mol. The predicted octanol–water partition coefficient (Wildman–Crippen LogP) is 5.49. The van der Waals surface area contributed by atoms with Crippen LogP contribution in [-0.2, 0) is 5.60 Å². The number of rotatable bonds is 6. The van der Waals surface area contributed by atoms with Gasteiger partial charge in [-0.05, 0) is 28.8 Å². The predicted molar refractivity (Wildman–Crippen MR) is 121 cm³/mol. The molecule has 0 aromatic heterocycles. The average Bonchev–Trinajstić information content (AvgIpc) is 2.82. The van der Waals surface area contributed by atoms with Crippen molar-refractivity contribution in [1.82, 2.24) is 0 Å². The summed E-state index contributed by atoms with van der Waals surface area (Å²) in [6.07, 6.45) is 1.63. The summed E-state index contributed by atoms with van der Waals surface area (Å²) in [6.45, 7) is 0. The first-order valence-electron chi connectivity index (χ1n) is 9.89. The Morgan fingerprint density at radius 3 is 1.63 bits per heavy atom. The normalized spacial score (nSPS) is 12.7. The van der Waals surface area contributed by atoms with E-state index in [9.17, 15) is 10.2 Å². The molecule has 0 saturated heterocycles. The SMILES string of the molecule is Oc1ccccc1C=N[C@@H](c1ccccc1)C(O)(c1ccccc1)c1ccccc1. The molecule has 30 heavy (non-hydrogen) atoms. The molecule has 4 aromatic carbocycles. The molecule has 1 atom stereocenters. The summed E-state index contributed by atoms with van der Waals surface area (Å²) in [5.74, 6) is 0.149. The van der Waals surface area contributed by atoms with E-state index in [2.05, 4.69) is 0 Å². The first-order valence-corrected chi connectivity index (χ1v) is 9.89. The van der Waals surface area contributed by atoms with Crippen LogP contribution in [0, 0.1) is 0 Å². The largest absolute Gasteiger partial charge is 0.507 e. The van der Waals surface area contributed by atoms with Crippen LogP contribution in [0.2, 0.25) is 0 Å². The van der Waals surface area contributed by atoms with E-state index in [0.717, 1.165) is 16.7 Å². The Balaban J connectivity index is 1.91. The highest BCUT2D eigenvalue weighted by Gasteiger charge is 2.41. The van der Waals surface area contributed by atoms with Crippen LogP contribution in [-0.4, -0.2) is 16.4 Å². The standard InChI is InChI=1S/C27H23NO2/c29-25-19-11-10-14-22(25)20-28-26(21-12-4-1-5-13-21)27(30,23-15-6-2-7-16-23)24-17-8-3-9-18-24/h1-20,26,29-30H/t26-/m0/s1. The van der Waals surface area contributed by atoms with Gasteiger partial charge >= 0.3 is 0 Å². The quantitative estimate of drug-likeness (QED) is 0.426. The van der Waals surface area contributed by atoms with Gasteiger partial charge in [0.1, 0.15) is 17.4 Å². The molecule has 2 N–H and O–H groups in total. The number of para-hydroxylation sites is 1. The fourth-order valence-corrected chi connectivity index (χ4v) is 3.69. The lowest BCUT2D eigenvalue weighted by molar-refractivity contribution is 0.0523. The zero-order valence-electron chi connectivity index (χ0n) is 16.5. The molecular formula is C27H23NO2. The Hall–Kier alpha value is -3.69. The van der Waals surface area contributed by atoms with Gasteiger partial charge in [0.2, 0.25) is 0 Å². The van der Waals surface area contributed by atoms with Crippen molar-refractivity contribution in [3.8, 4) is 5.75 Å². The van der Waals surface area contributed by atoms with Gasteiger partial charge in [0.15, 0.2) is 0 Å². The Morgan fingerprint density at radius 1 is 0.633 bits per heavy atom. The van der Waals surface area contributed by atoms with Crippen LogP contribution in [0.4, 0.5) is 0 Å². The van der Waals surface area contributed by atoms with Crippen molar-refractivity contribution >= 4 is 6.21 Å². The summed E-state index contributed by atoms with van der Waals surface area (Å²) in [5, 5.41) is 22.4. The Bertz CT molecular complexity index is 1070. The summed E-state index contributed by atoms with van der Waals surface area (Å²) in [5.41, 5.74) is 1.57. The second kappa shape index (κ2) is 8.76. The lowest BCUT2D eigenvalue weighted by atomic mass is 9.77. The van der Waals surface area contributed by atoms with Crippen molar-refractivity contribution in [2.75, 3.05) is 0 Å². The summed E-state index contributed by atoms with van der Waals surface area (Å²) in [6, 6.07) is 35.3. The number of benzene rings is 4. The zero-order valence-corrected chi connectivity index (χ0v) is 16.5. The third-order valence-corrected chi connectivity index (χ3v) is 5.24. The van der Waals surface area contributed by atoms with Crippen molar-refractivity contribution in [1.29, 1.82) is 0 Å². The van der Waals surface area contributed by atoms with Gasteiger partial charge in [-0.2, -0.15) is 0 Å². The maximum atomic E-state index is 12.2. The molecule has 0 heterocycles. The van der Waals surface area contributed by atoms with Gasteiger partial charge in [0.25, 0.3) is 0 Å². The molecule has 0 saturated carbocycles. The summed E-state index contributed by atoms with van der Waals surface area (Å²) in [4.78, 5) is 4.81. The number of phenols is 1. The van der Waals surface area contributed by atoms with Crippen molar-refractivity contribution in [3.63, 3.8) is 0 Å². The van der Waals surface area contributed by atoms with Crippen molar-refractivity contribution in [2.45, 2.75) is 11.6 Å². The topological polar surface area (TPSA) is 52.8 Å². The molecule has 0 bridgehead atoms. The van der Waals surface area contributed by atoms with E-state index in [0.29, 0.717) is 5.56 Å². The van der Waals surface area contributed by atoms with Gasteiger partial charge < -0.3 is 10.2 Å². The number of aromatic hydroxyl groups is 1. The number of nitrogens with zero attached hydrogens (tertiary/aromatic N) is 1. The van der Waals surface area contributed by atoms with Crippen LogP contribution in [0.3, 0.4) is 0 Å². The van der Waals surface area contributed by atoms with E-state index in [1.165, 1.54) is 0 Å². The average molecular weight is 393 g/mol. The van der Waals surface area contributed by atoms with Crippen molar-refractivity contribution in [2.24, 2.45) is 4.99 Å². The molecule has 148 valence electrons. The number of hydrogen-bond acceptors (Lipinski definition) is 3. The molecular weight excluding hydrogens is 370 g/mol. The lowest BCUT2D eigenvalue weighted by Gasteiger charge is -2.35. The van der Waals surface area contributed by atoms with Crippen LogP contribution >= 0.6 is 0 Å². The van der Waals surface area contributed by atoms with E-state index in [1.807, 2.05) is 97.1 Å². The van der Waals surface area contributed by atoms with E-state index < -0.39 is 11.6 Å². The Kier molecular flexibility index (Phi) is 5.73. The number of phenolic OH excluding ortho intramolecular Hbond substituents is 1. The van der Waals surface area contributed by atoms with Gasteiger partial charge in [-0.25, -0.2) is 0 Å². The first-order chi connectivity index (χ1) is 14.7. The molecule has 4 aromatic rings. The van der Waals surface area contributed by atoms with Gasteiger partial charge in [-0.1, -0.05) is 103 Å². The van der Waals surface area contributed by atoms with Gasteiger partial charge in [-0.15, -0.1) is 0 Å². The molecule has 0 spiro atoms. The molecule has 0 aliphatic carbocycles. The minimum atomic E-state index is -1.40. The van der Waals surface area contributed by atoms with Gasteiger partial charge in [0, 0.05) is 11.8 Å². The molecule has 3 nitrogen and oxygen atoms in total. The van der Waals surface area contributed by atoms with E-state index >= 15 is 0 Å². The van der Waals surface area contributed by atoms with Gasteiger partial charge in [-0.3, -0.25) is 4.99 Å². The molecule has 4 rings (SSSR count). The second-order valence-electron chi connectivity index (χ2n) is 7.15. The van der Waals surface area contributed by atoms with Crippen molar-refractivity contribution < 1.29 is 10.2 Å². The van der Waals surface area contributed by atoms with Crippen LogP contribution in [0.1, 0.15) is 28.3 Å². The number of hydrogen-bond donors (Lipinski definition) is 2. The number of aliphatic hydroxyl groups is 1. The lowest BCUT2D eigenvalue weighted by Crippen LogP contribution is -2.34. The molecule has 3 heteroatoms. The highest BCUT2D eigenvalue weighted by molar-refractivity contribution is 5.83. The summed E-state index contributed by atoms with van der Waals surface area (Å²) in [7, 11) is 0. The van der Waals surface area contributed by atoms with Crippen LogP contribution in [0.25, 0.3) is 0 Å². The smallest absolute Gasteiger partial charge is 0.141 e. The Labute approximate surface area is 176 Å². The maximum Gasteiger partial charge on any atom is 0.141 e. The summed E-state index contributed by atoms with van der Waals surface area (Å²) >= 11 is 0. The second-order valence-corrected chi connectivity index (χ2v) is 7.15. The molecule has 0 aliphatic rings. The van der Waals surface area contributed by atoms with Crippen molar-refractivity contribution in [3.05, 3.63) is 138 Å². The highest BCUT2D eigenvalue weighted by Crippen LogP contribution is 2.43. The van der Waals surface area contributed by atoms with Crippen LogP contribution in [0.5, 0.6) is 5.75 Å². The minimum absolute atomic E-state index is 0.149. The molecule has 0 amide bonds. The Morgan fingerprint density at radius 2 is 1.10 bits per heavy atom. The van der Waals surface area contributed by atoms with Gasteiger partial charge in [0.05, 0.1) is 0 Å². The fraction of sp³-hybridized carbons (Fsp3) is 0.0741. The minimum Gasteiger partial charge on any atom is -0.507 e. The molecule has 0 fully saturated rings.